The Morgan fingerprint density at radius 1 is 0.968 bits per heavy atom. The minimum Gasteiger partial charge on any atom is -0.467 e. The average molecular weight is 453 g/mol. The monoisotopic (exact) mass is 452 g/mol. The highest BCUT2D eigenvalue weighted by Crippen LogP contribution is 2.38. The van der Waals surface area contributed by atoms with Gasteiger partial charge in [-0.1, -0.05) is 20.8 Å². The second-order valence-corrected chi connectivity index (χ2v) is 14.5. The molecule has 176 valence electrons. The Bertz CT molecular complexity index is 658. The van der Waals surface area contributed by atoms with Crippen LogP contribution in [0.1, 0.15) is 69.7 Å². The molecule has 0 unspecified atom stereocenters. The summed E-state index contributed by atoms with van der Waals surface area (Å²) in [6.07, 6.45) is 6.20. The van der Waals surface area contributed by atoms with Crippen LogP contribution in [0.25, 0.3) is 0 Å². The van der Waals surface area contributed by atoms with Gasteiger partial charge in [0.25, 0.3) is 0 Å². The Labute approximate surface area is 188 Å². The molecule has 31 heavy (non-hydrogen) atoms. The van der Waals surface area contributed by atoms with E-state index >= 15 is 0 Å². The number of esters is 1. The summed E-state index contributed by atoms with van der Waals surface area (Å²) in [5, 5.41) is 0.227. The van der Waals surface area contributed by atoms with Crippen molar-refractivity contribution in [2.24, 2.45) is 0 Å². The van der Waals surface area contributed by atoms with Gasteiger partial charge in [-0.15, -0.1) is 0 Å². The molecule has 0 N–H and O–H groups in total. The number of carbonyl (C=O) groups is 1. The van der Waals surface area contributed by atoms with Crippen LogP contribution in [0.4, 0.5) is 0 Å². The molecule has 1 aromatic rings. The van der Waals surface area contributed by atoms with Gasteiger partial charge in [0.05, 0.1) is 5.56 Å². The third kappa shape index (κ3) is 8.56. The first-order valence-electron chi connectivity index (χ1n) is 11.3. The Kier molecular flexibility index (Phi) is 10.0. The van der Waals surface area contributed by atoms with Crippen molar-refractivity contribution < 1.29 is 28.2 Å². The number of methoxy groups -OCH3 is 1. The first kappa shape index (κ1) is 25.8. The van der Waals surface area contributed by atoms with E-state index in [-0.39, 0.29) is 30.7 Å². The van der Waals surface area contributed by atoms with E-state index in [2.05, 4.69) is 33.9 Å². The van der Waals surface area contributed by atoms with Gasteiger partial charge in [0, 0.05) is 13.2 Å². The summed E-state index contributed by atoms with van der Waals surface area (Å²) in [6, 6.07) is 6.93. The molecule has 1 aliphatic rings. The fraction of sp³-hybridized carbons (Fsp3) is 0.708. The van der Waals surface area contributed by atoms with E-state index in [9.17, 15) is 4.79 Å². The van der Waals surface area contributed by atoms with Gasteiger partial charge in [-0.3, -0.25) is 0 Å². The van der Waals surface area contributed by atoms with E-state index in [1.165, 1.54) is 0 Å². The van der Waals surface area contributed by atoms with Gasteiger partial charge in [-0.25, -0.2) is 4.79 Å². The molecule has 0 aliphatic heterocycles. The summed E-state index contributed by atoms with van der Waals surface area (Å²) in [5.41, 5.74) is 0.534. The lowest BCUT2D eigenvalue weighted by atomic mass is 9.96. The van der Waals surface area contributed by atoms with Crippen LogP contribution in [0, 0.1) is 0 Å². The number of benzene rings is 1. The number of rotatable bonds is 9. The largest absolute Gasteiger partial charge is 0.467 e. The Morgan fingerprint density at radius 2 is 1.55 bits per heavy atom. The fourth-order valence-corrected chi connectivity index (χ4v) is 4.82. The first-order valence-corrected chi connectivity index (χ1v) is 14.2. The Balaban J connectivity index is 1.78. The van der Waals surface area contributed by atoms with Crippen LogP contribution in [0.2, 0.25) is 18.1 Å². The van der Waals surface area contributed by atoms with E-state index in [1.807, 2.05) is 0 Å². The molecule has 1 aliphatic carbocycles. The predicted octanol–water partition coefficient (Wildman–Crippen LogP) is 5.91. The maximum Gasteiger partial charge on any atom is 0.338 e. The van der Waals surface area contributed by atoms with Crippen molar-refractivity contribution in [1.82, 2.24) is 0 Å². The van der Waals surface area contributed by atoms with Crippen LogP contribution in [0.3, 0.4) is 0 Å². The molecular weight excluding hydrogens is 412 g/mol. The highest BCUT2D eigenvalue weighted by Gasteiger charge is 2.39. The van der Waals surface area contributed by atoms with Gasteiger partial charge < -0.3 is 23.4 Å². The van der Waals surface area contributed by atoms with Gasteiger partial charge in [-0.05, 0) is 80.9 Å². The summed E-state index contributed by atoms with van der Waals surface area (Å²) in [5.74, 6) is 0.355. The van der Waals surface area contributed by atoms with Crippen LogP contribution in [0.5, 0.6) is 5.75 Å². The summed E-state index contributed by atoms with van der Waals surface area (Å²) < 4.78 is 27.7. The van der Waals surface area contributed by atoms with Crippen LogP contribution in [-0.4, -0.2) is 47.2 Å². The molecule has 0 atom stereocenters. The van der Waals surface area contributed by atoms with Gasteiger partial charge in [0.15, 0.2) is 15.1 Å². The minimum absolute atomic E-state index is 0.0281. The van der Waals surface area contributed by atoms with E-state index in [4.69, 9.17) is 23.4 Å². The normalized spacial score (nSPS) is 20.6. The van der Waals surface area contributed by atoms with Crippen molar-refractivity contribution in [2.45, 2.75) is 89.6 Å². The number of ether oxygens (including phenoxy) is 4. The number of hydrogen-bond acceptors (Lipinski definition) is 6. The van der Waals surface area contributed by atoms with Gasteiger partial charge in [0.2, 0.25) is 0 Å². The quantitative estimate of drug-likeness (QED) is 0.201. The second kappa shape index (κ2) is 12.0. The number of carbonyl (C=O) groups excluding carboxylic acids is 1. The van der Waals surface area contributed by atoms with E-state index < -0.39 is 8.32 Å². The molecule has 0 aromatic heterocycles. The maximum absolute atomic E-state index is 12.6. The topological polar surface area (TPSA) is 63.2 Å². The van der Waals surface area contributed by atoms with Gasteiger partial charge in [-0.2, -0.15) is 0 Å². The molecule has 0 radical (unpaired) electrons. The summed E-state index contributed by atoms with van der Waals surface area (Å²) in [6.45, 7) is 11.8. The van der Waals surface area contributed by atoms with Crippen LogP contribution in [0.15, 0.2) is 24.3 Å². The fourth-order valence-electron chi connectivity index (χ4n) is 3.40. The van der Waals surface area contributed by atoms with Crippen molar-refractivity contribution in [3.63, 3.8) is 0 Å². The summed E-state index contributed by atoms with van der Waals surface area (Å²) in [7, 11) is -0.192. The molecule has 0 spiro atoms. The van der Waals surface area contributed by atoms with E-state index in [0.717, 1.165) is 38.5 Å². The molecule has 0 amide bonds. The SMILES string of the molecule is COCOCOc1ccc(C(=O)OC2CCCC(O[Si](C)(C)C(C)(C)C)CCC2)cc1. The molecule has 1 aromatic carbocycles. The zero-order valence-electron chi connectivity index (χ0n) is 20.1. The van der Waals surface area contributed by atoms with Crippen molar-refractivity contribution >= 4 is 14.3 Å². The molecule has 6 nitrogen and oxygen atoms in total. The van der Waals surface area contributed by atoms with Crippen molar-refractivity contribution in [2.75, 3.05) is 20.7 Å². The lowest BCUT2D eigenvalue weighted by Gasteiger charge is -2.40. The molecular formula is C24H40O6Si. The average Bonchev–Trinajstić information content (AvgIpc) is 2.68. The van der Waals surface area contributed by atoms with Crippen molar-refractivity contribution in [3.05, 3.63) is 29.8 Å². The van der Waals surface area contributed by atoms with E-state index in [0.29, 0.717) is 17.4 Å². The Hall–Kier alpha value is -1.41. The molecule has 1 saturated carbocycles. The molecule has 7 heteroatoms. The molecule has 0 bridgehead atoms. The molecule has 0 heterocycles. The zero-order chi connectivity index (χ0) is 22.9. The molecule has 0 saturated heterocycles. The highest BCUT2D eigenvalue weighted by atomic mass is 28.4. The molecule has 2 rings (SSSR count). The smallest absolute Gasteiger partial charge is 0.338 e. The highest BCUT2D eigenvalue weighted by molar-refractivity contribution is 6.74. The zero-order valence-corrected chi connectivity index (χ0v) is 21.1. The summed E-state index contributed by atoms with van der Waals surface area (Å²) >= 11 is 0. The standard InChI is InChI=1S/C24H40O6Si/c1-24(2,3)31(5,6)30-22-11-7-9-21(10-8-12-22)29-23(25)19-13-15-20(16-14-19)28-18-27-17-26-4/h13-16,21-22H,7-12,17-18H2,1-6H3. The molecule has 1 fully saturated rings. The van der Waals surface area contributed by atoms with Crippen molar-refractivity contribution in [1.29, 1.82) is 0 Å². The van der Waals surface area contributed by atoms with Crippen LogP contribution >= 0.6 is 0 Å². The van der Waals surface area contributed by atoms with Crippen LogP contribution in [-0.2, 0) is 18.6 Å². The maximum atomic E-state index is 12.6. The van der Waals surface area contributed by atoms with Crippen molar-refractivity contribution in [3.8, 4) is 5.75 Å². The minimum atomic E-state index is -1.75. The van der Waals surface area contributed by atoms with Crippen LogP contribution < -0.4 is 4.74 Å². The van der Waals surface area contributed by atoms with E-state index in [1.54, 1.807) is 31.4 Å². The second-order valence-electron chi connectivity index (χ2n) is 9.79. The lowest BCUT2D eigenvalue weighted by molar-refractivity contribution is -0.0835. The van der Waals surface area contributed by atoms with Gasteiger partial charge >= 0.3 is 5.97 Å². The first-order chi connectivity index (χ1) is 14.6. The lowest BCUT2D eigenvalue weighted by Crippen LogP contribution is -2.44. The van der Waals surface area contributed by atoms with Gasteiger partial charge in [0.1, 0.15) is 18.6 Å². The third-order valence-electron chi connectivity index (χ3n) is 6.25. The third-order valence-corrected chi connectivity index (χ3v) is 10.8. The predicted molar refractivity (Wildman–Crippen MR) is 124 cm³/mol. The summed E-state index contributed by atoms with van der Waals surface area (Å²) in [4.78, 5) is 12.6. The number of hydrogen-bond donors (Lipinski definition) is 0. The Morgan fingerprint density at radius 3 is 2.10 bits per heavy atom.